The fraction of sp³-hybridized carbons (Fsp3) is 0.600. The molecule has 1 saturated carbocycles. The Kier molecular flexibility index (Phi) is 2.75. The smallest absolute Gasteiger partial charge is 0.347 e. The van der Waals surface area contributed by atoms with Crippen molar-refractivity contribution in [3.8, 4) is 0 Å². The van der Waals surface area contributed by atoms with Crippen molar-refractivity contribution in [1.82, 2.24) is 4.98 Å². The summed E-state index contributed by atoms with van der Waals surface area (Å²) in [7, 11) is 1.60. The van der Waals surface area contributed by atoms with Gasteiger partial charge in [-0.3, -0.25) is 0 Å². The van der Waals surface area contributed by atoms with Crippen LogP contribution < -0.4 is 0 Å². The van der Waals surface area contributed by atoms with Crippen LogP contribution in [0.3, 0.4) is 0 Å². The molecule has 1 N–H and O–H groups in total. The second-order valence-corrected chi connectivity index (χ2v) is 4.75. The number of nitrogens with zero attached hydrogens (tertiary/aromatic N) is 1. The minimum absolute atomic E-state index is 0.124. The van der Waals surface area contributed by atoms with E-state index >= 15 is 0 Å². The highest BCUT2D eigenvalue weighted by molar-refractivity contribution is 7.13. The SMILES string of the molecule is COC(C)c1nc(C2CC2)c(C(=O)O)s1. The van der Waals surface area contributed by atoms with E-state index in [0.29, 0.717) is 10.8 Å². The van der Waals surface area contributed by atoms with Gasteiger partial charge >= 0.3 is 5.97 Å². The Labute approximate surface area is 91.9 Å². The van der Waals surface area contributed by atoms with Crippen LogP contribution in [0.5, 0.6) is 0 Å². The van der Waals surface area contributed by atoms with Crippen molar-refractivity contribution in [2.75, 3.05) is 7.11 Å². The number of hydrogen-bond acceptors (Lipinski definition) is 4. The van der Waals surface area contributed by atoms with Gasteiger partial charge in [0.25, 0.3) is 0 Å². The van der Waals surface area contributed by atoms with Crippen molar-refractivity contribution in [2.45, 2.75) is 31.8 Å². The molecule has 0 aromatic carbocycles. The average molecular weight is 227 g/mol. The fourth-order valence-corrected chi connectivity index (χ4v) is 2.43. The zero-order valence-corrected chi connectivity index (χ0v) is 9.50. The summed E-state index contributed by atoms with van der Waals surface area (Å²) in [5, 5.41) is 9.80. The molecule has 0 radical (unpaired) electrons. The van der Waals surface area contributed by atoms with Crippen molar-refractivity contribution in [2.24, 2.45) is 0 Å². The summed E-state index contributed by atoms with van der Waals surface area (Å²) in [6, 6.07) is 0. The van der Waals surface area contributed by atoms with Gasteiger partial charge in [0.2, 0.25) is 0 Å². The molecule has 1 aromatic rings. The molecule has 82 valence electrons. The predicted octanol–water partition coefficient (Wildman–Crippen LogP) is 2.43. The molecular weight excluding hydrogens is 214 g/mol. The molecule has 0 amide bonds. The zero-order valence-electron chi connectivity index (χ0n) is 8.69. The predicted molar refractivity (Wildman–Crippen MR) is 56.5 cm³/mol. The van der Waals surface area contributed by atoms with Crippen LogP contribution in [0, 0.1) is 0 Å². The summed E-state index contributed by atoms with van der Waals surface area (Å²) >= 11 is 1.23. The molecule has 5 heteroatoms. The Morgan fingerprint density at radius 1 is 1.67 bits per heavy atom. The Balaban J connectivity index is 2.35. The average Bonchev–Trinajstić information content (AvgIpc) is 2.96. The van der Waals surface area contributed by atoms with Gasteiger partial charge in [-0.25, -0.2) is 9.78 Å². The van der Waals surface area contributed by atoms with E-state index in [-0.39, 0.29) is 6.10 Å². The van der Waals surface area contributed by atoms with Crippen LogP contribution >= 0.6 is 11.3 Å². The van der Waals surface area contributed by atoms with Crippen molar-refractivity contribution in [3.05, 3.63) is 15.6 Å². The molecule has 1 aliphatic carbocycles. The number of carbonyl (C=O) groups is 1. The maximum atomic E-state index is 11.0. The third-order valence-electron chi connectivity index (χ3n) is 2.53. The van der Waals surface area contributed by atoms with E-state index in [1.165, 1.54) is 11.3 Å². The van der Waals surface area contributed by atoms with Crippen LogP contribution in [-0.4, -0.2) is 23.2 Å². The lowest BCUT2D eigenvalue weighted by molar-refractivity contribution is 0.0700. The number of ether oxygens (including phenoxy) is 1. The molecule has 0 aliphatic heterocycles. The number of carboxylic acids is 1. The lowest BCUT2D eigenvalue weighted by Gasteiger charge is -2.03. The molecule has 1 unspecified atom stereocenters. The van der Waals surface area contributed by atoms with Gasteiger partial charge in [0.1, 0.15) is 16.0 Å². The number of aromatic carboxylic acids is 1. The summed E-state index contributed by atoms with van der Waals surface area (Å²) in [5.41, 5.74) is 0.756. The molecule has 0 spiro atoms. The Morgan fingerprint density at radius 3 is 2.80 bits per heavy atom. The van der Waals surface area contributed by atoms with E-state index in [9.17, 15) is 4.79 Å². The first-order valence-corrected chi connectivity index (χ1v) is 5.71. The van der Waals surface area contributed by atoms with E-state index in [0.717, 1.165) is 23.5 Å². The summed E-state index contributed by atoms with van der Waals surface area (Å²) < 4.78 is 5.14. The molecule has 1 aromatic heterocycles. The number of carboxylic acid groups (broad SMARTS) is 1. The van der Waals surface area contributed by atoms with Crippen LogP contribution in [-0.2, 0) is 4.74 Å². The molecule has 0 saturated heterocycles. The van der Waals surface area contributed by atoms with Crippen molar-refractivity contribution in [3.63, 3.8) is 0 Å². The second-order valence-electron chi connectivity index (χ2n) is 3.72. The monoisotopic (exact) mass is 227 g/mol. The van der Waals surface area contributed by atoms with Gasteiger partial charge in [0, 0.05) is 13.0 Å². The van der Waals surface area contributed by atoms with Gasteiger partial charge in [-0.1, -0.05) is 0 Å². The van der Waals surface area contributed by atoms with E-state index in [1.807, 2.05) is 6.92 Å². The summed E-state index contributed by atoms with van der Waals surface area (Å²) in [6.45, 7) is 1.88. The maximum Gasteiger partial charge on any atom is 0.347 e. The Bertz CT molecular complexity index is 384. The number of thiazole rings is 1. The summed E-state index contributed by atoms with van der Waals surface area (Å²) in [6.07, 6.45) is 2.00. The quantitative estimate of drug-likeness (QED) is 0.858. The maximum absolute atomic E-state index is 11.0. The minimum atomic E-state index is -0.871. The van der Waals surface area contributed by atoms with Crippen LogP contribution in [0.25, 0.3) is 0 Å². The topological polar surface area (TPSA) is 59.4 Å². The number of rotatable bonds is 4. The zero-order chi connectivity index (χ0) is 11.0. The minimum Gasteiger partial charge on any atom is -0.477 e. The first-order chi connectivity index (χ1) is 7.13. The molecule has 1 fully saturated rings. The number of aromatic nitrogens is 1. The van der Waals surface area contributed by atoms with Crippen molar-refractivity contribution in [1.29, 1.82) is 0 Å². The Hall–Kier alpha value is -0.940. The molecule has 1 aliphatic rings. The molecular formula is C10H13NO3S. The second kappa shape index (κ2) is 3.90. The first-order valence-electron chi connectivity index (χ1n) is 4.90. The lowest BCUT2D eigenvalue weighted by Crippen LogP contribution is -1.97. The van der Waals surface area contributed by atoms with Crippen LogP contribution in [0.1, 0.15) is 52.2 Å². The highest BCUT2D eigenvalue weighted by Gasteiger charge is 2.32. The largest absolute Gasteiger partial charge is 0.477 e. The third kappa shape index (κ3) is 2.03. The van der Waals surface area contributed by atoms with Gasteiger partial charge in [-0.2, -0.15) is 0 Å². The van der Waals surface area contributed by atoms with Gasteiger partial charge in [0.15, 0.2) is 0 Å². The van der Waals surface area contributed by atoms with E-state index in [2.05, 4.69) is 4.98 Å². The molecule has 15 heavy (non-hydrogen) atoms. The molecule has 0 bridgehead atoms. The Morgan fingerprint density at radius 2 is 2.33 bits per heavy atom. The molecule has 4 nitrogen and oxygen atoms in total. The summed E-state index contributed by atoms with van der Waals surface area (Å²) in [5.74, 6) is -0.505. The lowest BCUT2D eigenvalue weighted by atomic mass is 10.2. The standard InChI is InChI=1S/C10H13NO3S/c1-5(14-2)9-11-7(6-3-4-6)8(15-9)10(12)13/h5-6H,3-4H2,1-2H3,(H,12,13). The van der Waals surface area contributed by atoms with E-state index in [4.69, 9.17) is 9.84 Å². The normalized spacial score (nSPS) is 17.7. The molecule has 2 rings (SSSR count). The van der Waals surface area contributed by atoms with Crippen LogP contribution in [0.4, 0.5) is 0 Å². The van der Waals surface area contributed by atoms with Gasteiger partial charge in [0.05, 0.1) is 5.69 Å². The fourth-order valence-electron chi connectivity index (χ4n) is 1.41. The molecule has 1 atom stereocenters. The first kappa shape index (κ1) is 10.6. The third-order valence-corrected chi connectivity index (χ3v) is 3.75. The van der Waals surface area contributed by atoms with Crippen molar-refractivity contribution >= 4 is 17.3 Å². The van der Waals surface area contributed by atoms with Crippen LogP contribution in [0.15, 0.2) is 0 Å². The van der Waals surface area contributed by atoms with E-state index < -0.39 is 5.97 Å². The summed E-state index contributed by atoms with van der Waals surface area (Å²) in [4.78, 5) is 15.8. The van der Waals surface area contributed by atoms with Crippen molar-refractivity contribution < 1.29 is 14.6 Å². The van der Waals surface area contributed by atoms with Crippen LogP contribution in [0.2, 0.25) is 0 Å². The number of methoxy groups -OCH3 is 1. The highest BCUT2D eigenvalue weighted by atomic mass is 32.1. The highest BCUT2D eigenvalue weighted by Crippen LogP contribution is 2.43. The molecule has 1 heterocycles. The van der Waals surface area contributed by atoms with Gasteiger partial charge in [-0.05, 0) is 19.8 Å². The van der Waals surface area contributed by atoms with Gasteiger partial charge < -0.3 is 9.84 Å². The van der Waals surface area contributed by atoms with E-state index in [1.54, 1.807) is 7.11 Å². The van der Waals surface area contributed by atoms with Gasteiger partial charge in [-0.15, -0.1) is 11.3 Å². The number of hydrogen-bond donors (Lipinski definition) is 1.